The number of nitrogens with zero attached hydrogens (tertiary/aromatic N) is 2. The zero-order chi connectivity index (χ0) is 19.4. The molecule has 140 valence electrons. The maximum atomic E-state index is 12.2. The molecule has 0 spiro atoms. The van der Waals surface area contributed by atoms with E-state index in [-0.39, 0.29) is 26.9 Å². The summed E-state index contributed by atoms with van der Waals surface area (Å²) in [5.41, 5.74) is 0.970. The van der Waals surface area contributed by atoms with E-state index in [1.165, 1.54) is 12.1 Å². The molecule has 6 nitrogen and oxygen atoms in total. The SMILES string of the molecule is COc1ccccc1-c1nnc(SCC(=O)Nc2c(Cl)cc(Cl)cc2Cl)o1. The molecule has 0 aliphatic rings. The monoisotopic (exact) mass is 443 g/mol. The minimum Gasteiger partial charge on any atom is -0.496 e. The van der Waals surface area contributed by atoms with Crippen molar-refractivity contribution in [1.82, 2.24) is 10.2 Å². The lowest BCUT2D eigenvalue weighted by molar-refractivity contribution is -0.113. The third-order valence-electron chi connectivity index (χ3n) is 3.34. The van der Waals surface area contributed by atoms with Gasteiger partial charge in [0, 0.05) is 5.02 Å². The Bertz CT molecular complexity index is 958. The standard InChI is InChI=1S/C17H12Cl3N3O3S/c1-25-13-5-3-2-4-10(13)16-22-23-17(26-16)27-8-14(24)21-15-11(19)6-9(18)7-12(15)20/h2-7H,8H2,1H3,(H,21,24). The molecule has 1 aromatic heterocycles. The maximum Gasteiger partial charge on any atom is 0.277 e. The summed E-state index contributed by atoms with van der Waals surface area (Å²) in [5, 5.41) is 11.7. The molecule has 0 aliphatic heterocycles. The summed E-state index contributed by atoms with van der Waals surface area (Å²) >= 11 is 19.0. The van der Waals surface area contributed by atoms with Crippen LogP contribution in [0.4, 0.5) is 5.69 Å². The van der Waals surface area contributed by atoms with Crippen molar-refractivity contribution < 1.29 is 13.9 Å². The largest absolute Gasteiger partial charge is 0.496 e. The summed E-state index contributed by atoms with van der Waals surface area (Å²) in [6.07, 6.45) is 0. The van der Waals surface area contributed by atoms with Crippen LogP contribution in [-0.2, 0) is 4.79 Å². The highest BCUT2D eigenvalue weighted by atomic mass is 35.5. The number of hydrogen-bond acceptors (Lipinski definition) is 6. The van der Waals surface area contributed by atoms with E-state index in [1.807, 2.05) is 12.1 Å². The van der Waals surface area contributed by atoms with Crippen molar-refractivity contribution in [3.05, 3.63) is 51.5 Å². The molecule has 2 aromatic carbocycles. The van der Waals surface area contributed by atoms with Crippen molar-refractivity contribution in [1.29, 1.82) is 0 Å². The summed E-state index contributed by atoms with van der Waals surface area (Å²) in [6, 6.07) is 10.3. The Labute approximate surface area is 174 Å². The van der Waals surface area contributed by atoms with Crippen LogP contribution in [0.25, 0.3) is 11.5 Å². The number of ether oxygens (including phenoxy) is 1. The predicted molar refractivity (Wildman–Crippen MR) is 107 cm³/mol. The molecule has 0 atom stereocenters. The average Bonchev–Trinajstić information content (AvgIpc) is 3.11. The van der Waals surface area contributed by atoms with Gasteiger partial charge < -0.3 is 14.5 Å². The maximum absolute atomic E-state index is 12.2. The molecule has 0 saturated heterocycles. The molecule has 27 heavy (non-hydrogen) atoms. The van der Waals surface area contributed by atoms with Gasteiger partial charge in [-0.15, -0.1) is 10.2 Å². The minimum absolute atomic E-state index is 0.0306. The van der Waals surface area contributed by atoms with Gasteiger partial charge in [0.25, 0.3) is 11.1 Å². The molecule has 1 amide bonds. The number of rotatable bonds is 6. The number of carbonyl (C=O) groups excluding carboxylic acids is 1. The van der Waals surface area contributed by atoms with Crippen molar-refractivity contribution in [2.75, 3.05) is 18.2 Å². The Hall–Kier alpha value is -1.93. The Morgan fingerprint density at radius 1 is 1.19 bits per heavy atom. The molecule has 0 aliphatic carbocycles. The van der Waals surface area contributed by atoms with Gasteiger partial charge in [0.2, 0.25) is 5.91 Å². The van der Waals surface area contributed by atoms with E-state index >= 15 is 0 Å². The molecular formula is C17H12Cl3N3O3S. The summed E-state index contributed by atoms with van der Waals surface area (Å²) in [6.45, 7) is 0. The lowest BCUT2D eigenvalue weighted by atomic mass is 10.2. The number of benzene rings is 2. The number of methoxy groups -OCH3 is 1. The molecule has 0 radical (unpaired) electrons. The second kappa shape index (κ2) is 8.84. The van der Waals surface area contributed by atoms with Gasteiger partial charge in [-0.25, -0.2) is 0 Å². The molecule has 3 aromatic rings. The first-order valence-corrected chi connectivity index (χ1v) is 9.64. The molecule has 0 fully saturated rings. The van der Waals surface area contributed by atoms with Crippen LogP contribution in [0.15, 0.2) is 46.0 Å². The predicted octanol–water partition coefficient (Wildman–Crippen LogP) is 5.44. The lowest BCUT2D eigenvalue weighted by Gasteiger charge is -2.09. The number of amides is 1. The number of halogens is 3. The summed E-state index contributed by atoms with van der Waals surface area (Å²) < 4.78 is 10.9. The van der Waals surface area contributed by atoms with Gasteiger partial charge in [-0.05, 0) is 24.3 Å². The molecular weight excluding hydrogens is 433 g/mol. The second-order valence-electron chi connectivity index (χ2n) is 5.15. The fourth-order valence-corrected chi connectivity index (χ4v) is 3.64. The lowest BCUT2D eigenvalue weighted by Crippen LogP contribution is -2.14. The minimum atomic E-state index is -0.330. The Balaban J connectivity index is 1.64. The number of nitrogens with one attached hydrogen (secondary N) is 1. The Morgan fingerprint density at radius 2 is 1.89 bits per heavy atom. The van der Waals surface area contributed by atoms with E-state index < -0.39 is 0 Å². The van der Waals surface area contributed by atoms with Gasteiger partial charge >= 0.3 is 0 Å². The smallest absolute Gasteiger partial charge is 0.277 e. The van der Waals surface area contributed by atoms with E-state index in [2.05, 4.69) is 15.5 Å². The average molecular weight is 445 g/mol. The molecule has 0 saturated carbocycles. The van der Waals surface area contributed by atoms with Gasteiger partial charge in [-0.2, -0.15) is 0 Å². The third-order valence-corrected chi connectivity index (χ3v) is 4.97. The molecule has 10 heteroatoms. The quantitative estimate of drug-likeness (QED) is 0.510. The number of hydrogen-bond donors (Lipinski definition) is 1. The molecule has 3 rings (SSSR count). The zero-order valence-corrected chi connectivity index (χ0v) is 16.9. The number of thioether (sulfide) groups is 1. The van der Waals surface area contributed by atoms with Crippen LogP contribution < -0.4 is 10.1 Å². The van der Waals surface area contributed by atoms with Crippen molar-refractivity contribution >= 4 is 58.2 Å². The molecule has 0 unspecified atom stereocenters. The van der Waals surface area contributed by atoms with E-state index in [9.17, 15) is 4.79 Å². The third kappa shape index (κ3) is 4.87. The first-order chi connectivity index (χ1) is 13.0. The number of carbonyl (C=O) groups is 1. The van der Waals surface area contributed by atoms with Crippen molar-refractivity contribution in [2.45, 2.75) is 5.22 Å². The highest BCUT2D eigenvalue weighted by Crippen LogP contribution is 2.34. The highest BCUT2D eigenvalue weighted by molar-refractivity contribution is 7.99. The summed E-state index contributed by atoms with van der Waals surface area (Å²) in [4.78, 5) is 12.2. The normalized spacial score (nSPS) is 10.7. The van der Waals surface area contributed by atoms with Gasteiger partial charge in [0.1, 0.15) is 5.75 Å². The van der Waals surface area contributed by atoms with E-state index in [0.717, 1.165) is 11.8 Å². The van der Waals surface area contributed by atoms with Crippen molar-refractivity contribution in [3.63, 3.8) is 0 Å². The highest BCUT2D eigenvalue weighted by Gasteiger charge is 2.16. The van der Waals surface area contributed by atoms with Crippen molar-refractivity contribution in [3.8, 4) is 17.2 Å². The summed E-state index contributed by atoms with van der Waals surface area (Å²) in [7, 11) is 1.56. The number of aromatic nitrogens is 2. The first kappa shape index (κ1) is 19.8. The first-order valence-electron chi connectivity index (χ1n) is 7.52. The number of anilines is 1. The Kier molecular flexibility index (Phi) is 6.49. The van der Waals surface area contributed by atoms with E-state index in [1.54, 1.807) is 19.2 Å². The van der Waals surface area contributed by atoms with Crippen LogP contribution in [0.1, 0.15) is 0 Å². The second-order valence-corrected chi connectivity index (χ2v) is 7.33. The van der Waals surface area contributed by atoms with Crippen LogP contribution in [0.2, 0.25) is 15.1 Å². The van der Waals surface area contributed by atoms with E-state index in [0.29, 0.717) is 27.9 Å². The van der Waals surface area contributed by atoms with Crippen LogP contribution in [-0.4, -0.2) is 29.0 Å². The van der Waals surface area contributed by atoms with Crippen LogP contribution >= 0.6 is 46.6 Å². The van der Waals surface area contributed by atoms with Crippen LogP contribution in [0.5, 0.6) is 5.75 Å². The number of para-hydroxylation sites is 1. The van der Waals surface area contributed by atoms with Gasteiger partial charge in [-0.1, -0.05) is 58.7 Å². The summed E-state index contributed by atoms with van der Waals surface area (Å²) in [5.74, 6) is 0.618. The topological polar surface area (TPSA) is 77.2 Å². The van der Waals surface area contributed by atoms with E-state index in [4.69, 9.17) is 44.0 Å². The van der Waals surface area contributed by atoms with Gasteiger partial charge in [0.05, 0.1) is 34.2 Å². The van der Waals surface area contributed by atoms with Crippen LogP contribution in [0.3, 0.4) is 0 Å². The van der Waals surface area contributed by atoms with Crippen LogP contribution in [0, 0.1) is 0 Å². The molecule has 1 N–H and O–H groups in total. The Morgan fingerprint density at radius 3 is 2.59 bits per heavy atom. The molecule has 1 heterocycles. The fourth-order valence-electron chi connectivity index (χ4n) is 2.16. The molecule has 0 bridgehead atoms. The van der Waals surface area contributed by atoms with Gasteiger partial charge in [0.15, 0.2) is 0 Å². The van der Waals surface area contributed by atoms with Crippen molar-refractivity contribution in [2.24, 2.45) is 0 Å². The zero-order valence-electron chi connectivity index (χ0n) is 13.8. The van der Waals surface area contributed by atoms with Gasteiger partial charge in [-0.3, -0.25) is 4.79 Å². The fraction of sp³-hybridized carbons (Fsp3) is 0.118.